The van der Waals surface area contributed by atoms with Gasteiger partial charge >= 0.3 is 13.8 Å². The monoisotopic (exact) mass is 819 g/mol. The van der Waals surface area contributed by atoms with Crippen molar-refractivity contribution in [2.45, 2.75) is 211 Å². The van der Waals surface area contributed by atoms with Gasteiger partial charge in [-0.25, -0.2) is 4.57 Å². The van der Waals surface area contributed by atoms with E-state index in [0.29, 0.717) is 13.0 Å². The molecule has 6 atom stereocenters. The lowest BCUT2D eigenvalue weighted by Crippen LogP contribution is -2.64. The van der Waals surface area contributed by atoms with Gasteiger partial charge in [-0.2, -0.15) is 0 Å². The Hall–Kier alpha value is -1.44. The highest BCUT2D eigenvalue weighted by Crippen LogP contribution is 2.47. The number of carbonyl (C=O) groups excluding carboxylic acids is 1. The maximum atomic E-state index is 12.7. The maximum absolute atomic E-state index is 12.7. The number of unbranched alkanes of at least 4 members (excludes halogenated alkanes) is 18. The highest BCUT2D eigenvalue weighted by Gasteiger charge is 2.51. The van der Waals surface area contributed by atoms with Crippen molar-refractivity contribution >= 4 is 13.8 Å². The first kappa shape index (κ1) is 52.6. The quantitative estimate of drug-likeness (QED) is 0.0154. The average Bonchev–Trinajstić information content (AvgIpc) is 3.18. The van der Waals surface area contributed by atoms with Crippen LogP contribution in [0.15, 0.2) is 36.5 Å². The van der Waals surface area contributed by atoms with E-state index >= 15 is 0 Å². The number of aliphatic hydroxyl groups excluding tert-OH is 5. The molecule has 56 heavy (non-hydrogen) atoms. The third-order valence-corrected chi connectivity index (χ3v) is 11.0. The topological polar surface area (TPSA) is 192 Å². The lowest BCUT2D eigenvalue weighted by Gasteiger charge is -2.41. The number of rotatable bonds is 36. The first-order valence-corrected chi connectivity index (χ1v) is 23.3. The van der Waals surface area contributed by atoms with Gasteiger partial charge in [-0.15, -0.1) is 0 Å². The third-order valence-electron chi connectivity index (χ3n) is 10.0. The van der Waals surface area contributed by atoms with Gasteiger partial charge in [0, 0.05) is 13.0 Å². The molecule has 0 radical (unpaired) electrons. The van der Waals surface area contributed by atoms with Gasteiger partial charge in [0.25, 0.3) is 0 Å². The molecule has 6 N–H and O–H groups in total. The largest absolute Gasteiger partial charge is 0.472 e. The normalized spacial score (nSPS) is 23.4. The van der Waals surface area contributed by atoms with Crippen LogP contribution >= 0.6 is 7.82 Å². The minimum atomic E-state index is -5.01. The molecular weight excluding hydrogens is 739 g/mol. The average molecular weight is 819 g/mol. The van der Waals surface area contributed by atoms with Crippen LogP contribution in [-0.2, 0) is 27.9 Å². The molecule has 0 spiro atoms. The van der Waals surface area contributed by atoms with Crippen LogP contribution in [0.1, 0.15) is 168 Å². The summed E-state index contributed by atoms with van der Waals surface area (Å²) in [7, 11) is -5.01. The van der Waals surface area contributed by atoms with E-state index in [1.54, 1.807) is 0 Å². The van der Waals surface area contributed by atoms with Crippen molar-refractivity contribution in [3.8, 4) is 0 Å². The molecule has 13 heteroatoms. The van der Waals surface area contributed by atoms with Gasteiger partial charge in [0.2, 0.25) is 0 Å². The van der Waals surface area contributed by atoms with Gasteiger partial charge in [0.15, 0.2) is 0 Å². The van der Waals surface area contributed by atoms with Crippen LogP contribution in [0.3, 0.4) is 0 Å². The number of aliphatic hydroxyl groups is 5. The Labute approximate surface area is 338 Å². The van der Waals surface area contributed by atoms with Crippen LogP contribution in [0.4, 0.5) is 0 Å². The fourth-order valence-corrected chi connectivity index (χ4v) is 7.45. The Kier molecular flexibility index (Phi) is 32.3. The number of ether oxygens (including phenoxy) is 2. The first-order chi connectivity index (χ1) is 27.0. The Morgan fingerprint density at radius 1 is 0.571 bits per heavy atom. The molecule has 6 unspecified atom stereocenters. The van der Waals surface area contributed by atoms with Crippen LogP contribution < -0.4 is 0 Å². The van der Waals surface area contributed by atoms with Gasteiger partial charge in [0.1, 0.15) is 42.7 Å². The van der Waals surface area contributed by atoms with E-state index in [-0.39, 0.29) is 13.0 Å². The van der Waals surface area contributed by atoms with Crippen LogP contribution in [0.25, 0.3) is 0 Å². The Morgan fingerprint density at radius 3 is 1.52 bits per heavy atom. The van der Waals surface area contributed by atoms with Crippen LogP contribution in [0.2, 0.25) is 0 Å². The maximum Gasteiger partial charge on any atom is 0.472 e. The molecule has 0 aliphatic heterocycles. The van der Waals surface area contributed by atoms with E-state index < -0.39 is 63.1 Å². The van der Waals surface area contributed by atoms with Crippen molar-refractivity contribution in [3.63, 3.8) is 0 Å². The number of hydrogen-bond acceptors (Lipinski definition) is 11. The molecule has 328 valence electrons. The zero-order valence-electron chi connectivity index (χ0n) is 34.7. The molecule has 0 amide bonds. The predicted molar refractivity (Wildman–Crippen MR) is 221 cm³/mol. The summed E-state index contributed by atoms with van der Waals surface area (Å²) in [6.07, 6.45) is 26.6. The van der Waals surface area contributed by atoms with Crippen molar-refractivity contribution in [3.05, 3.63) is 36.5 Å². The summed E-state index contributed by atoms with van der Waals surface area (Å²) in [5, 5.41) is 50.0. The lowest BCUT2D eigenvalue weighted by atomic mass is 9.85. The van der Waals surface area contributed by atoms with E-state index in [0.717, 1.165) is 70.6 Å². The number of allylic oxidation sites excluding steroid dienone is 6. The summed E-state index contributed by atoms with van der Waals surface area (Å²) in [5.74, 6) is -0.491. The highest BCUT2D eigenvalue weighted by molar-refractivity contribution is 7.47. The van der Waals surface area contributed by atoms with Crippen LogP contribution in [0, 0.1) is 0 Å². The summed E-state index contributed by atoms with van der Waals surface area (Å²) in [4.78, 5) is 23.0. The number of esters is 1. The lowest BCUT2D eigenvalue weighted by molar-refractivity contribution is -0.220. The van der Waals surface area contributed by atoms with Gasteiger partial charge in [-0.05, 0) is 51.4 Å². The van der Waals surface area contributed by atoms with Crippen LogP contribution in [0.5, 0.6) is 0 Å². The first-order valence-electron chi connectivity index (χ1n) is 21.8. The summed E-state index contributed by atoms with van der Waals surface area (Å²) >= 11 is 0. The number of hydrogen-bond donors (Lipinski definition) is 6. The fraction of sp³-hybridized carbons (Fsp3) is 0.837. The van der Waals surface area contributed by atoms with Gasteiger partial charge in [0.05, 0.1) is 13.2 Å². The molecular formula is C43H79O12P. The predicted octanol–water partition coefficient (Wildman–Crippen LogP) is 8.31. The standard InChI is InChI=1S/C43H79O12P/c1-3-5-7-9-11-13-14-15-16-17-18-19-20-21-22-23-24-25-26-28-30-32-37(44)54-36(34-52-33-31-29-27-12-10-8-6-4-2)35-53-56(50,51)55-43-41(48)39(46)38(45)40(47)42(43)49/h14-15,17-18,20-21,36,38-43,45-49H,3-13,16,19,22-35H2,1-2H3,(H,50,51)/b15-14-,18-17-,21-20-. The molecule has 1 saturated carbocycles. The molecule has 0 aromatic rings. The molecule has 1 rings (SSSR count). The van der Waals surface area contributed by atoms with E-state index in [9.17, 15) is 39.8 Å². The van der Waals surface area contributed by atoms with Crippen molar-refractivity contribution in [2.24, 2.45) is 0 Å². The van der Waals surface area contributed by atoms with Crippen LogP contribution in [-0.4, -0.2) is 98.9 Å². The van der Waals surface area contributed by atoms with E-state index in [4.69, 9.17) is 18.5 Å². The SMILES string of the molecule is CCCCCCC/C=C\C/C=C\C/C=C\CCCCCCCCC(=O)OC(COCCCCCCCCCC)COP(=O)(O)OC1C(O)C(O)C(O)C(O)C1O. The Balaban J connectivity index is 2.36. The highest BCUT2D eigenvalue weighted by atomic mass is 31.2. The molecule has 12 nitrogen and oxygen atoms in total. The van der Waals surface area contributed by atoms with Crippen molar-refractivity contribution < 1.29 is 58.3 Å². The van der Waals surface area contributed by atoms with Gasteiger partial charge in [-0.1, -0.05) is 147 Å². The summed E-state index contributed by atoms with van der Waals surface area (Å²) in [6.45, 7) is 4.19. The van der Waals surface area contributed by atoms with Crippen molar-refractivity contribution in [1.29, 1.82) is 0 Å². The molecule has 0 bridgehead atoms. The third kappa shape index (κ3) is 26.5. The molecule has 1 aliphatic carbocycles. The minimum Gasteiger partial charge on any atom is -0.457 e. The number of phosphoric acid groups is 1. The second-order valence-electron chi connectivity index (χ2n) is 15.2. The zero-order valence-corrected chi connectivity index (χ0v) is 35.6. The smallest absolute Gasteiger partial charge is 0.457 e. The summed E-state index contributed by atoms with van der Waals surface area (Å²) in [6, 6.07) is 0. The zero-order chi connectivity index (χ0) is 41.3. The Morgan fingerprint density at radius 2 is 1.00 bits per heavy atom. The minimum absolute atomic E-state index is 0.0814. The molecule has 1 aliphatic rings. The summed E-state index contributed by atoms with van der Waals surface area (Å²) in [5.41, 5.74) is 0. The molecule has 0 saturated heterocycles. The molecule has 0 aromatic carbocycles. The number of carbonyl (C=O) groups is 1. The molecule has 0 heterocycles. The molecule has 0 aromatic heterocycles. The Bertz CT molecular complexity index is 1070. The van der Waals surface area contributed by atoms with Gasteiger partial charge in [-0.3, -0.25) is 13.8 Å². The second-order valence-corrected chi connectivity index (χ2v) is 16.6. The van der Waals surface area contributed by atoms with E-state index in [2.05, 4.69) is 50.3 Å². The number of phosphoric ester groups is 1. The van der Waals surface area contributed by atoms with Crippen molar-refractivity contribution in [1.82, 2.24) is 0 Å². The summed E-state index contributed by atoms with van der Waals surface area (Å²) < 4.78 is 34.0. The second kappa shape index (κ2) is 34.4. The fourth-order valence-electron chi connectivity index (χ4n) is 6.48. The van der Waals surface area contributed by atoms with E-state index in [1.165, 1.54) is 70.6 Å². The van der Waals surface area contributed by atoms with E-state index in [1.807, 2.05) is 0 Å². The molecule has 1 fully saturated rings. The van der Waals surface area contributed by atoms with Crippen molar-refractivity contribution in [2.75, 3.05) is 19.8 Å². The van der Waals surface area contributed by atoms with Gasteiger partial charge < -0.3 is 39.9 Å².